The molecular weight excluding hydrogens is 418 g/mol. The molecule has 8 heteroatoms. The molecule has 3 aromatic rings. The molecule has 0 atom stereocenters. The lowest BCUT2D eigenvalue weighted by Crippen LogP contribution is -2.20. The minimum atomic E-state index is -0.360. The van der Waals surface area contributed by atoms with Crippen molar-refractivity contribution < 1.29 is 19.1 Å². The van der Waals surface area contributed by atoms with Gasteiger partial charge < -0.3 is 14.8 Å². The van der Waals surface area contributed by atoms with Crippen LogP contribution >= 0.6 is 11.6 Å². The largest absolute Gasteiger partial charge is 0.497 e. The van der Waals surface area contributed by atoms with Gasteiger partial charge in [0, 0.05) is 16.3 Å². The number of halogens is 1. The smallest absolute Gasteiger partial charge is 0.271 e. The Morgan fingerprint density at radius 2 is 1.74 bits per heavy atom. The van der Waals surface area contributed by atoms with E-state index in [1.165, 1.54) is 13.3 Å². The van der Waals surface area contributed by atoms with Crippen LogP contribution in [0.1, 0.15) is 15.9 Å². The molecule has 0 aliphatic rings. The summed E-state index contributed by atoms with van der Waals surface area (Å²) in [5, 5.41) is 7.27. The van der Waals surface area contributed by atoms with E-state index in [0.29, 0.717) is 33.3 Å². The Hall–Kier alpha value is -3.84. The van der Waals surface area contributed by atoms with Gasteiger partial charge in [0.15, 0.2) is 6.61 Å². The van der Waals surface area contributed by atoms with Crippen molar-refractivity contribution in [2.24, 2.45) is 5.10 Å². The number of nitrogens with one attached hydrogen (secondary N) is 2. The molecule has 0 saturated carbocycles. The number of ether oxygens (including phenoxy) is 2. The Morgan fingerprint density at radius 1 is 1.00 bits per heavy atom. The summed E-state index contributed by atoms with van der Waals surface area (Å²) in [5.74, 6) is 0.421. The van der Waals surface area contributed by atoms with Crippen molar-refractivity contribution in [3.05, 3.63) is 88.9 Å². The summed E-state index contributed by atoms with van der Waals surface area (Å²) >= 11 is 5.82. The number of hydrogen-bond donors (Lipinski definition) is 2. The first-order valence-corrected chi connectivity index (χ1v) is 9.67. The normalized spacial score (nSPS) is 10.5. The molecule has 3 rings (SSSR count). The van der Waals surface area contributed by atoms with Crippen molar-refractivity contribution >= 4 is 35.3 Å². The zero-order valence-corrected chi connectivity index (χ0v) is 17.4. The van der Waals surface area contributed by atoms with Crippen LogP contribution in [0.15, 0.2) is 77.9 Å². The van der Waals surface area contributed by atoms with E-state index in [4.69, 9.17) is 21.1 Å². The Labute approximate surface area is 184 Å². The summed E-state index contributed by atoms with van der Waals surface area (Å²) in [6.07, 6.45) is 1.48. The van der Waals surface area contributed by atoms with Gasteiger partial charge in [0.1, 0.15) is 11.5 Å². The number of rotatable bonds is 8. The fourth-order valence-corrected chi connectivity index (χ4v) is 2.68. The average molecular weight is 438 g/mol. The molecule has 0 heterocycles. The minimum Gasteiger partial charge on any atom is -0.497 e. The second-order valence-corrected chi connectivity index (χ2v) is 6.78. The van der Waals surface area contributed by atoms with Crippen LogP contribution in [0.2, 0.25) is 5.02 Å². The number of anilines is 1. The first-order valence-electron chi connectivity index (χ1n) is 9.29. The molecule has 2 amide bonds. The lowest BCUT2D eigenvalue weighted by atomic mass is 10.2. The van der Waals surface area contributed by atoms with Gasteiger partial charge in [-0.05, 0) is 60.2 Å². The predicted molar refractivity (Wildman–Crippen MR) is 120 cm³/mol. The van der Waals surface area contributed by atoms with Gasteiger partial charge in [-0.3, -0.25) is 9.59 Å². The third kappa shape index (κ3) is 6.87. The first kappa shape index (κ1) is 21.9. The number of carbonyl (C=O) groups excluding carboxylic acids is 2. The molecule has 0 aromatic heterocycles. The van der Waals surface area contributed by atoms with Crippen molar-refractivity contribution in [1.82, 2.24) is 5.43 Å². The van der Waals surface area contributed by atoms with Crippen LogP contribution in [0.3, 0.4) is 0 Å². The second-order valence-electron chi connectivity index (χ2n) is 6.35. The molecule has 0 spiro atoms. The quantitative estimate of drug-likeness (QED) is 0.409. The molecule has 0 fully saturated rings. The maximum absolute atomic E-state index is 12.2. The van der Waals surface area contributed by atoms with Crippen LogP contribution in [0.25, 0.3) is 0 Å². The van der Waals surface area contributed by atoms with Crippen LogP contribution in [-0.2, 0) is 4.79 Å². The molecule has 0 bridgehead atoms. The van der Waals surface area contributed by atoms with E-state index in [9.17, 15) is 9.59 Å². The number of carbonyl (C=O) groups is 2. The second kappa shape index (κ2) is 10.8. The van der Waals surface area contributed by atoms with E-state index in [1.54, 1.807) is 72.8 Å². The van der Waals surface area contributed by atoms with Crippen molar-refractivity contribution in [3.63, 3.8) is 0 Å². The zero-order chi connectivity index (χ0) is 22.1. The molecule has 0 saturated heterocycles. The lowest BCUT2D eigenvalue weighted by Gasteiger charge is -2.08. The number of nitrogens with zero attached hydrogens (tertiary/aromatic N) is 1. The van der Waals surface area contributed by atoms with Gasteiger partial charge in [0.2, 0.25) is 0 Å². The molecule has 2 N–H and O–H groups in total. The average Bonchev–Trinajstić information content (AvgIpc) is 2.79. The Bertz CT molecular complexity index is 1080. The van der Waals surface area contributed by atoms with Gasteiger partial charge in [0.05, 0.1) is 13.3 Å². The van der Waals surface area contributed by atoms with Crippen molar-refractivity contribution in [2.45, 2.75) is 0 Å². The van der Waals surface area contributed by atoms with Crippen LogP contribution in [-0.4, -0.2) is 31.7 Å². The number of methoxy groups -OCH3 is 1. The summed E-state index contributed by atoms with van der Waals surface area (Å²) in [6.45, 7) is -0.157. The summed E-state index contributed by atoms with van der Waals surface area (Å²) in [4.78, 5) is 24.2. The van der Waals surface area contributed by atoms with Gasteiger partial charge in [-0.1, -0.05) is 29.8 Å². The highest BCUT2D eigenvalue weighted by atomic mass is 35.5. The van der Waals surface area contributed by atoms with E-state index in [1.807, 2.05) is 0 Å². The zero-order valence-electron chi connectivity index (χ0n) is 16.7. The number of hydrogen-bond acceptors (Lipinski definition) is 5. The molecular formula is C23H20ClN3O4. The van der Waals surface area contributed by atoms with Gasteiger partial charge in [-0.15, -0.1) is 0 Å². The fourth-order valence-electron chi connectivity index (χ4n) is 2.56. The summed E-state index contributed by atoms with van der Waals surface area (Å²) in [5.41, 5.74) is 4.22. The van der Waals surface area contributed by atoms with E-state index in [2.05, 4.69) is 15.8 Å². The van der Waals surface area contributed by atoms with E-state index in [0.717, 1.165) is 0 Å². The van der Waals surface area contributed by atoms with Gasteiger partial charge in [-0.25, -0.2) is 5.43 Å². The first-order chi connectivity index (χ1) is 15.0. The van der Waals surface area contributed by atoms with Crippen LogP contribution in [0.5, 0.6) is 11.5 Å². The van der Waals surface area contributed by atoms with Crippen molar-refractivity contribution in [3.8, 4) is 11.5 Å². The maximum atomic E-state index is 12.2. The highest BCUT2D eigenvalue weighted by molar-refractivity contribution is 6.30. The SMILES string of the molecule is COc1cccc(C(=O)N/N=C/c2cccc(OCC(=O)Nc3ccc(Cl)cc3)c2)c1. The fraction of sp³-hybridized carbons (Fsp3) is 0.0870. The third-order valence-electron chi connectivity index (χ3n) is 4.07. The van der Waals surface area contributed by atoms with Gasteiger partial charge in [0.25, 0.3) is 11.8 Å². The van der Waals surface area contributed by atoms with Crippen LogP contribution in [0.4, 0.5) is 5.69 Å². The molecule has 3 aromatic carbocycles. The number of hydrazone groups is 1. The Morgan fingerprint density at radius 3 is 2.52 bits per heavy atom. The summed E-state index contributed by atoms with van der Waals surface area (Å²) in [7, 11) is 1.53. The lowest BCUT2D eigenvalue weighted by molar-refractivity contribution is -0.118. The van der Waals surface area contributed by atoms with Gasteiger partial charge in [-0.2, -0.15) is 5.10 Å². The molecule has 0 aliphatic heterocycles. The highest BCUT2D eigenvalue weighted by Crippen LogP contribution is 2.15. The highest BCUT2D eigenvalue weighted by Gasteiger charge is 2.06. The molecule has 7 nitrogen and oxygen atoms in total. The topological polar surface area (TPSA) is 89.0 Å². The van der Waals surface area contributed by atoms with E-state index < -0.39 is 0 Å². The predicted octanol–water partition coefficient (Wildman–Crippen LogP) is 4.13. The molecule has 0 aliphatic carbocycles. The number of amides is 2. The van der Waals surface area contributed by atoms with Gasteiger partial charge >= 0.3 is 0 Å². The molecule has 0 radical (unpaired) electrons. The van der Waals surface area contributed by atoms with Crippen molar-refractivity contribution in [1.29, 1.82) is 0 Å². The molecule has 158 valence electrons. The maximum Gasteiger partial charge on any atom is 0.271 e. The van der Waals surface area contributed by atoms with Crippen LogP contribution in [0, 0.1) is 0 Å². The molecule has 0 unspecified atom stereocenters. The Kier molecular flexibility index (Phi) is 7.61. The third-order valence-corrected chi connectivity index (χ3v) is 4.32. The molecule has 31 heavy (non-hydrogen) atoms. The summed E-state index contributed by atoms with van der Waals surface area (Å²) < 4.78 is 10.6. The van der Waals surface area contributed by atoms with E-state index >= 15 is 0 Å². The number of benzene rings is 3. The Balaban J connectivity index is 1.51. The van der Waals surface area contributed by atoms with E-state index in [-0.39, 0.29) is 18.4 Å². The van der Waals surface area contributed by atoms with Crippen LogP contribution < -0.4 is 20.2 Å². The summed E-state index contributed by atoms with van der Waals surface area (Å²) in [6, 6.07) is 20.5. The standard InChI is InChI=1S/C23H20ClN3O4/c1-30-20-6-3-5-17(13-20)23(29)27-25-14-16-4-2-7-21(12-16)31-15-22(28)26-19-10-8-18(24)9-11-19/h2-14H,15H2,1H3,(H,26,28)(H,27,29)/b25-14+. The minimum absolute atomic E-state index is 0.157. The monoisotopic (exact) mass is 437 g/mol. The van der Waals surface area contributed by atoms with Crippen molar-refractivity contribution in [2.75, 3.05) is 19.0 Å².